The molecule has 1 aliphatic heterocycles. The molecule has 6 aromatic rings. The lowest BCUT2D eigenvalue weighted by molar-refractivity contribution is -0.142. The maximum atomic E-state index is 14.1. The van der Waals surface area contributed by atoms with Crippen molar-refractivity contribution in [3.63, 3.8) is 0 Å². The number of anilines is 2. The molecule has 5 N–H and O–H groups in total. The predicted octanol–water partition coefficient (Wildman–Crippen LogP) is 9.77. The molecule has 17 nitrogen and oxygen atoms in total. The predicted molar refractivity (Wildman–Crippen MR) is 287 cm³/mol. The number of likely N-dealkylation sites (tertiary alicyclic amines) is 1. The van der Waals surface area contributed by atoms with Gasteiger partial charge in [-0.15, -0.1) is 11.3 Å². The molecule has 1 saturated carbocycles. The zero-order valence-corrected chi connectivity index (χ0v) is 44.2. The topological polar surface area (TPSA) is 227 Å². The van der Waals surface area contributed by atoms with Crippen LogP contribution < -0.4 is 26.0 Å². The lowest BCUT2D eigenvalue weighted by atomic mass is 9.85. The zero-order valence-electron chi connectivity index (χ0n) is 42.6. The summed E-state index contributed by atoms with van der Waals surface area (Å²) in [5, 5.41) is 22.8. The molecule has 1 aliphatic carbocycles. The number of fused-ring (bicyclic) bond motifs is 1. The van der Waals surface area contributed by atoms with Crippen molar-refractivity contribution in [1.29, 1.82) is 0 Å². The number of carbonyl (C=O) groups excluding carboxylic acids is 5. The lowest BCUT2D eigenvalue weighted by Crippen LogP contribution is -2.57. The monoisotopic (exact) mass is 1040 g/mol. The first-order valence-corrected chi connectivity index (χ1v) is 27.1. The van der Waals surface area contributed by atoms with Gasteiger partial charge in [-0.1, -0.05) is 81.7 Å². The van der Waals surface area contributed by atoms with Crippen LogP contribution in [-0.4, -0.2) is 97.1 Å². The number of pyridine rings is 2. The lowest BCUT2D eigenvalue weighted by Gasteiger charge is -2.35. The Bertz CT molecular complexity index is 2930. The number of ether oxygens (including phenoxy) is 2. The summed E-state index contributed by atoms with van der Waals surface area (Å²) in [5.41, 5.74) is 7.86. The summed E-state index contributed by atoms with van der Waals surface area (Å²) in [5.74, 6) is -1.02. The normalized spacial score (nSPS) is 16.4. The Morgan fingerprint density at radius 1 is 0.838 bits per heavy atom. The van der Waals surface area contributed by atoms with Crippen molar-refractivity contribution >= 4 is 73.4 Å². The quantitative estimate of drug-likeness (QED) is 0.0478. The molecule has 2 aliphatic rings. The number of aryl methyl sites for hydroxylation is 2. The molecule has 2 fully saturated rings. The molecular formula is C55H65N9O8S2. The van der Waals surface area contributed by atoms with Crippen LogP contribution in [0.2, 0.25) is 0 Å². The Labute approximate surface area is 439 Å². The van der Waals surface area contributed by atoms with Crippen molar-refractivity contribution < 1.29 is 38.6 Å². The first-order chi connectivity index (χ1) is 35.6. The van der Waals surface area contributed by atoms with Crippen molar-refractivity contribution in [3.8, 4) is 27.3 Å². The first kappa shape index (κ1) is 53.5. The van der Waals surface area contributed by atoms with Crippen molar-refractivity contribution in [1.82, 2.24) is 35.5 Å². The molecule has 19 heteroatoms. The van der Waals surface area contributed by atoms with Crippen molar-refractivity contribution in [2.24, 2.45) is 5.41 Å². The molecule has 0 spiro atoms. The van der Waals surface area contributed by atoms with E-state index in [0.717, 1.165) is 88.0 Å². The Morgan fingerprint density at radius 3 is 2.34 bits per heavy atom. The highest BCUT2D eigenvalue weighted by atomic mass is 32.1. The van der Waals surface area contributed by atoms with Gasteiger partial charge in [0.2, 0.25) is 17.7 Å². The fourth-order valence-electron chi connectivity index (χ4n) is 9.15. The van der Waals surface area contributed by atoms with Gasteiger partial charge in [0, 0.05) is 37.7 Å². The van der Waals surface area contributed by atoms with Crippen LogP contribution >= 0.6 is 22.7 Å². The van der Waals surface area contributed by atoms with Gasteiger partial charge in [0.1, 0.15) is 29.6 Å². The Hall–Kier alpha value is -6.83. The molecule has 5 heterocycles. The number of unbranched alkanes of at least 4 members (excludes halogenated alkanes) is 3. The molecule has 5 amide bonds. The number of hydrogen-bond donors (Lipinski definition) is 5. The maximum Gasteiger partial charge on any atom is 0.411 e. The van der Waals surface area contributed by atoms with Gasteiger partial charge in [-0.2, -0.15) is 0 Å². The molecule has 0 radical (unpaired) electrons. The van der Waals surface area contributed by atoms with E-state index in [9.17, 15) is 29.1 Å². The SMILES string of the molecule is Cc1ncc(-c2ccc3nc(NC(=O)CCCCCCOc4ccc(C(=O)N[C@H](C(=O)N5C[C@H](O)C[C@H]5C(=O)NCc5ccc(-c6scnc6C)cc5)C(C)(C)C)nc4)sc3c2)cc1NC(=O)OC1CCCCC1. The van der Waals surface area contributed by atoms with E-state index in [1.54, 1.807) is 23.6 Å². The van der Waals surface area contributed by atoms with Gasteiger partial charge < -0.3 is 35.4 Å². The molecule has 390 valence electrons. The van der Waals surface area contributed by atoms with Gasteiger partial charge in [-0.3, -0.25) is 29.5 Å². The van der Waals surface area contributed by atoms with Gasteiger partial charge >= 0.3 is 6.09 Å². The number of benzene rings is 2. The number of amides is 5. The van der Waals surface area contributed by atoms with E-state index in [0.29, 0.717) is 41.7 Å². The van der Waals surface area contributed by atoms with Crippen molar-refractivity contribution in [2.75, 3.05) is 23.8 Å². The minimum Gasteiger partial charge on any atom is -0.492 e. The smallest absolute Gasteiger partial charge is 0.411 e. The number of aliphatic hydroxyl groups is 1. The van der Waals surface area contributed by atoms with Crippen LogP contribution in [0.15, 0.2) is 78.6 Å². The molecule has 1 saturated heterocycles. The molecule has 0 unspecified atom stereocenters. The van der Waals surface area contributed by atoms with Gasteiger partial charge in [0.05, 0.1) is 56.6 Å². The van der Waals surface area contributed by atoms with Gasteiger partial charge in [0.15, 0.2) is 5.13 Å². The third kappa shape index (κ3) is 14.1. The average molecular weight is 1040 g/mol. The highest BCUT2D eigenvalue weighted by Crippen LogP contribution is 2.33. The second kappa shape index (κ2) is 24.5. The summed E-state index contributed by atoms with van der Waals surface area (Å²) in [6.45, 7) is 9.92. The molecular weight excluding hydrogens is 979 g/mol. The molecule has 4 aromatic heterocycles. The number of nitrogens with zero attached hydrogens (tertiary/aromatic N) is 5. The number of carbonyl (C=O) groups is 5. The van der Waals surface area contributed by atoms with Crippen LogP contribution in [0.4, 0.5) is 15.6 Å². The molecule has 2 aromatic carbocycles. The summed E-state index contributed by atoms with van der Waals surface area (Å²) in [6.07, 6.45) is 10.5. The number of β-amino-alcohol motifs (C(OH)–C–C–N with tert-alkyl or cyclic N) is 1. The number of aromatic nitrogens is 4. The number of aliphatic hydroxyl groups excluding tert-OH is 1. The van der Waals surface area contributed by atoms with E-state index in [1.807, 2.05) is 88.7 Å². The fourth-order valence-corrected chi connectivity index (χ4v) is 10.9. The third-order valence-corrected chi connectivity index (χ3v) is 15.2. The minimum atomic E-state index is -1.02. The number of thiazole rings is 2. The van der Waals surface area contributed by atoms with E-state index in [-0.39, 0.29) is 43.1 Å². The van der Waals surface area contributed by atoms with Gasteiger partial charge in [-0.25, -0.2) is 19.7 Å². The van der Waals surface area contributed by atoms with Crippen LogP contribution in [-0.2, 0) is 25.7 Å². The largest absolute Gasteiger partial charge is 0.492 e. The summed E-state index contributed by atoms with van der Waals surface area (Å²) >= 11 is 2.97. The van der Waals surface area contributed by atoms with Crippen LogP contribution in [0, 0.1) is 19.3 Å². The average Bonchev–Trinajstić information content (AvgIpc) is 4.12. The second-order valence-corrected chi connectivity index (χ2v) is 22.0. The third-order valence-electron chi connectivity index (χ3n) is 13.3. The second-order valence-electron chi connectivity index (χ2n) is 20.1. The van der Waals surface area contributed by atoms with Crippen molar-refractivity contribution in [2.45, 2.75) is 136 Å². The summed E-state index contributed by atoms with van der Waals surface area (Å²) < 4.78 is 12.5. The van der Waals surface area contributed by atoms with E-state index in [1.165, 1.54) is 34.9 Å². The van der Waals surface area contributed by atoms with Crippen LogP contribution in [0.5, 0.6) is 5.75 Å². The molecule has 0 bridgehead atoms. The van der Waals surface area contributed by atoms with Gasteiger partial charge in [0.25, 0.3) is 5.91 Å². The summed E-state index contributed by atoms with van der Waals surface area (Å²) in [6, 6.07) is 16.9. The van der Waals surface area contributed by atoms with Crippen LogP contribution in [0.3, 0.4) is 0 Å². The molecule has 8 rings (SSSR count). The summed E-state index contributed by atoms with van der Waals surface area (Å²) in [7, 11) is 0. The standard InChI is InChI=1S/C55H65N9O8S2/c1-33-44(61-54(70)72-40-13-9-8-10-14-40)25-38(29-56-33)37-20-22-42-46(26-37)74-53(60-42)62-47(66)15-11-6-7-12-24-71-41-21-23-43(57-30-41)50(67)63-49(55(3,4)5)52(69)64-31-39(65)27-45(64)51(68)58-28-35-16-18-36(19-17-35)48-34(2)59-32-73-48/h16-23,25-26,29-30,32,39-40,45,49,65H,6-15,24,27-28,31H2,1-5H3,(H,58,68)(H,61,70)(H,63,67)(H,60,62,66)/t39-,45+,49-/m1/s1. The van der Waals surface area contributed by atoms with E-state index >= 15 is 0 Å². The maximum absolute atomic E-state index is 14.1. The Morgan fingerprint density at radius 2 is 1.61 bits per heavy atom. The first-order valence-electron chi connectivity index (χ1n) is 25.4. The molecule has 74 heavy (non-hydrogen) atoms. The van der Waals surface area contributed by atoms with E-state index < -0.39 is 41.5 Å². The fraction of sp³-hybridized carbons (Fsp3) is 0.436. The van der Waals surface area contributed by atoms with Crippen molar-refractivity contribution in [3.05, 3.63) is 101 Å². The molecule has 3 atom stereocenters. The number of hydrogen-bond acceptors (Lipinski definition) is 14. The highest BCUT2D eigenvalue weighted by molar-refractivity contribution is 7.22. The van der Waals surface area contributed by atoms with Gasteiger partial charge in [-0.05, 0) is 105 Å². The summed E-state index contributed by atoms with van der Waals surface area (Å²) in [4.78, 5) is 86.9. The minimum absolute atomic E-state index is 0.0348. The van der Waals surface area contributed by atoms with E-state index in [4.69, 9.17) is 9.47 Å². The zero-order chi connectivity index (χ0) is 52.4. The Kier molecular flexibility index (Phi) is 17.7. The number of rotatable bonds is 19. The highest BCUT2D eigenvalue weighted by Gasteiger charge is 2.44. The Balaban J connectivity index is 0.740. The number of nitrogens with one attached hydrogen (secondary N) is 4. The van der Waals surface area contributed by atoms with Crippen LogP contribution in [0.1, 0.15) is 119 Å². The van der Waals surface area contributed by atoms with E-state index in [2.05, 4.69) is 41.2 Å². The van der Waals surface area contributed by atoms with Crippen LogP contribution in [0.25, 0.3) is 31.8 Å².